The van der Waals surface area contributed by atoms with Crippen molar-refractivity contribution in [3.8, 4) is 0 Å². The summed E-state index contributed by atoms with van der Waals surface area (Å²) in [7, 11) is 0. The predicted octanol–water partition coefficient (Wildman–Crippen LogP) is 2.17. The van der Waals surface area contributed by atoms with Gasteiger partial charge in [-0.2, -0.15) is 4.98 Å². The predicted molar refractivity (Wildman–Crippen MR) is 102 cm³/mol. The van der Waals surface area contributed by atoms with Gasteiger partial charge in [-0.3, -0.25) is 0 Å². The Hall–Kier alpha value is -2.74. The fourth-order valence-electron chi connectivity index (χ4n) is 3.44. The fourth-order valence-corrected chi connectivity index (χ4v) is 3.44. The molecule has 0 spiro atoms. The van der Waals surface area contributed by atoms with Gasteiger partial charge < -0.3 is 24.6 Å². The summed E-state index contributed by atoms with van der Waals surface area (Å²) in [5.41, 5.74) is 2.17. The summed E-state index contributed by atoms with van der Waals surface area (Å²) >= 11 is 0. The molecule has 2 unspecified atom stereocenters. The summed E-state index contributed by atoms with van der Waals surface area (Å²) in [6, 6.07) is 15.9. The number of benzene rings is 2. The molecule has 3 N–H and O–H groups in total. The highest BCUT2D eigenvalue weighted by molar-refractivity contribution is 6.07. The van der Waals surface area contributed by atoms with Gasteiger partial charge in [-0.25, -0.2) is 0 Å². The van der Waals surface area contributed by atoms with Gasteiger partial charge in [0.2, 0.25) is 5.89 Å². The molecule has 7 nitrogen and oxygen atoms in total. The van der Waals surface area contributed by atoms with E-state index in [4.69, 9.17) is 4.52 Å². The van der Waals surface area contributed by atoms with Crippen molar-refractivity contribution in [2.75, 3.05) is 13.2 Å². The van der Waals surface area contributed by atoms with E-state index in [-0.39, 0.29) is 13.2 Å². The van der Waals surface area contributed by atoms with Gasteiger partial charge in [-0.05, 0) is 19.1 Å². The first kappa shape index (κ1) is 17.7. The van der Waals surface area contributed by atoms with Crippen molar-refractivity contribution < 1.29 is 14.7 Å². The Bertz CT molecular complexity index is 1000. The van der Waals surface area contributed by atoms with Crippen LogP contribution in [0.15, 0.2) is 53.1 Å². The van der Waals surface area contributed by atoms with E-state index in [2.05, 4.69) is 44.3 Å². The summed E-state index contributed by atoms with van der Waals surface area (Å²) < 4.78 is 7.23. The van der Waals surface area contributed by atoms with E-state index in [1.54, 1.807) is 6.92 Å². The molecule has 2 heterocycles. The Kier molecular flexibility index (Phi) is 4.89. The third-order valence-corrected chi connectivity index (χ3v) is 4.70. The minimum absolute atomic E-state index is 0.191. The second-order valence-electron chi connectivity index (χ2n) is 6.62. The largest absolute Gasteiger partial charge is 0.394 e. The lowest BCUT2D eigenvalue weighted by Gasteiger charge is -2.17. The van der Waals surface area contributed by atoms with Crippen LogP contribution in [-0.2, 0) is 6.54 Å². The highest BCUT2D eigenvalue weighted by Crippen LogP contribution is 2.28. The minimum atomic E-state index is -0.651. The number of aliphatic hydroxyl groups is 2. The van der Waals surface area contributed by atoms with E-state index < -0.39 is 12.1 Å². The van der Waals surface area contributed by atoms with E-state index >= 15 is 0 Å². The molecular weight excluding hydrogens is 344 g/mol. The van der Waals surface area contributed by atoms with Crippen molar-refractivity contribution in [2.24, 2.45) is 0 Å². The highest BCUT2D eigenvalue weighted by Gasteiger charge is 2.19. The van der Waals surface area contributed by atoms with E-state index in [1.807, 2.05) is 24.3 Å². The molecule has 0 aliphatic rings. The first-order valence-corrected chi connectivity index (χ1v) is 8.96. The summed E-state index contributed by atoms with van der Waals surface area (Å²) in [4.78, 5) is 4.13. The molecule has 4 aromatic rings. The van der Waals surface area contributed by atoms with Gasteiger partial charge in [0.15, 0.2) is 5.82 Å². The van der Waals surface area contributed by atoms with Gasteiger partial charge >= 0.3 is 0 Å². The third kappa shape index (κ3) is 3.44. The van der Waals surface area contributed by atoms with E-state index in [9.17, 15) is 10.2 Å². The lowest BCUT2D eigenvalue weighted by Crippen LogP contribution is -2.34. The first-order chi connectivity index (χ1) is 13.2. The van der Waals surface area contributed by atoms with Crippen LogP contribution in [0.2, 0.25) is 0 Å². The number of nitrogens with one attached hydrogen (secondary N) is 1. The monoisotopic (exact) mass is 366 g/mol. The zero-order chi connectivity index (χ0) is 18.8. The molecule has 2 atom stereocenters. The maximum Gasteiger partial charge on any atom is 0.246 e. The molecule has 0 bridgehead atoms. The lowest BCUT2D eigenvalue weighted by atomic mass is 10.2. The van der Waals surface area contributed by atoms with Gasteiger partial charge in [-0.1, -0.05) is 41.6 Å². The molecule has 0 aliphatic heterocycles. The number of hydrogen-bond acceptors (Lipinski definition) is 6. The highest BCUT2D eigenvalue weighted by atomic mass is 16.5. The van der Waals surface area contributed by atoms with Crippen LogP contribution < -0.4 is 5.32 Å². The van der Waals surface area contributed by atoms with Gasteiger partial charge in [0, 0.05) is 28.4 Å². The quantitative estimate of drug-likeness (QED) is 0.464. The number of rotatable bonds is 7. The lowest BCUT2D eigenvalue weighted by molar-refractivity contribution is 0.136. The summed E-state index contributed by atoms with van der Waals surface area (Å²) in [6.45, 7) is 2.25. The maximum atomic E-state index is 10.6. The standard InChI is InChI=1S/C20H22N4O3/c1-13-22-20(27-23-13)17(12-25)21-10-14(26)11-24-18-8-4-2-6-15(18)16-7-3-5-9-19(16)24/h2-9,14,17,21,25-26H,10-12H2,1H3. The van der Waals surface area contributed by atoms with Crippen LogP contribution in [0.25, 0.3) is 21.8 Å². The van der Waals surface area contributed by atoms with E-state index in [1.165, 1.54) is 10.8 Å². The number of aryl methyl sites for hydroxylation is 1. The molecule has 2 aromatic carbocycles. The summed E-state index contributed by atoms with van der Waals surface area (Å²) in [5, 5.41) is 29.3. The fraction of sp³-hybridized carbons (Fsp3) is 0.300. The number of nitrogens with zero attached hydrogens (tertiary/aromatic N) is 3. The molecule has 0 saturated carbocycles. The number of aliphatic hydroxyl groups excluding tert-OH is 2. The Labute approximate surface area is 156 Å². The molecule has 4 rings (SSSR count). The van der Waals surface area contributed by atoms with Crippen molar-refractivity contribution in [1.29, 1.82) is 0 Å². The van der Waals surface area contributed by atoms with Crippen LogP contribution in [-0.4, -0.2) is 44.2 Å². The maximum absolute atomic E-state index is 10.6. The smallest absolute Gasteiger partial charge is 0.246 e. The molecule has 140 valence electrons. The molecule has 0 radical (unpaired) electrons. The number of fused-ring (bicyclic) bond motifs is 3. The molecule has 0 fully saturated rings. The topological polar surface area (TPSA) is 96.3 Å². The van der Waals surface area contributed by atoms with Crippen molar-refractivity contribution in [1.82, 2.24) is 20.0 Å². The van der Waals surface area contributed by atoms with Gasteiger partial charge in [0.25, 0.3) is 0 Å². The van der Waals surface area contributed by atoms with E-state index in [0.29, 0.717) is 18.3 Å². The number of para-hydroxylation sites is 2. The minimum Gasteiger partial charge on any atom is -0.394 e. The normalized spacial score (nSPS) is 14.0. The molecule has 0 amide bonds. The van der Waals surface area contributed by atoms with Gasteiger partial charge in [0.05, 0.1) is 19.3 Å². The Morgan fingerprint density at radius 3 is 2.26 bits per heavy atom. The molecule has 0 saturated heterocycles. The SMILES string of the molecule is Cc1noc(C(CO)NCC(O)Cn2c3ccccc3c3ccccc32)n1. The molecule has 0 aliphatic carbocycles. The Morgan fingerprint density at radius 2 is 1.70 bits per heavy atom. The second kappa shape index (κ2) is 7.48. The Balaban J connectivity index is 1.53. The molecule has 27 heavy (non-hydrogen) atoms. The Morgan fingerprint density at radius 1 is 1.07 bits per heavy atom. The van der Waals surface area contributed by atoms with Crippen LogP contribution >= 0.6 is 0 Å². The molecule has 7 heteroatoms. The summed E-state index contributed by atoms with van der Waals surface area (Å²) in [6.07, 6.45) is -0.651. The van der Waals surface area contributed by atoms with Crippen LogP contribution in [0, 0.1) is 6.92 Å². The van der Waals surface area contributed by atoms with Crippen molar-refractivity contribution in [3.05, 3.63) is 60.2 Å². The van der Waals surface area contributed by atoms with Gasteiger partial charge in [0.1, 0.15) is 6.04 Å². The van der Waals surface area contributed by atoms with Crippen LogP contribution in [0.5, 0.6) is 0 Å². The number of hydrogen-bond donors (Lipinski definition) is 3. The zero-order valence-electron chi connectivity index (χ0n) is 15.0. The zero-order valence-corrected chi connectivity index (χ0v) is 15.0. The third-order valence-electron chi connectivity index (χ3n) is 4.70. The second-order valence-corrected chi connectivity index (χ2v) is 6.62. The molecular formula is C20H22N4O3. The molecule has 2 aromatic heterocycles. The van der Waals surface area contributed by atoms with E-state index in [0.717, 1.165) is 11.0 Å². The number of aromatic nitrogens is 3. The van der Waals surface area contributed by atoms with Crippen LogP contribution in [0.1, 0.15) is 17.8 Å². The van der Waals surface area contributed by atoms with Crippen molar-refractivity contribution in [2.45, 2.75) is 25.6 Å². The average molecular weight is 366 g/mol. The van der Waals surface area contributed by atoms with Crippen LogP contribution in [0.3, 0.4) is 0 Å². The summed E-state index contributed by atoms with van der Waals surface area (Å²) in [5.74, 6) is 0.829. The van der Waals surface area contributed by atoms with Gasteiger partial charge in [-0.15, -0.1) is 0 Å². The van der Waals surface area contributed by atoms with Crippen LogP contribution in [0.4, 0.5) is 0 Å². The first-order valence-electron chi connectivity index (χ1n) is 8.96. The average Bonchev–Trinajstić information content (AvgIpc) is 3.25. The van der Waals surface area contributed by atoms with Crippen molar-refractivity contribution >= 4 is 21.8 Å². The van der Waals surface area contributed by atoms with Crippen molar-refractivity contribution in [3.63, 3.8) is 0 Å².